The Bertz CT molecular complexity index is 442. The first-order valence-corrected chi connectivity index (χ1v) is 5.76. The van der Waals surface area contributed by atoms with E-state index in [4.69, 9.17) is 0 Å². The van der Waals surface area contributed by atoms with Gasteiger partial charge in [0, 0.05) is 25.4 Å². The zero-order valence-electron chi connectivity index (χ0n) is 11.0. The van der Waals surface area contributed by atoms with Crippen molar-refractivity contribution in [3.63, 3.8) is 0 Å². The second-order valence-electron chi connectivity index (χ2n) is 4.35. The van der Waals surface area contributed by atoms with Crippen molar-refractivity contribution in [2.24, 2.45) is 7.05 Å². The lowest BCUT2D eigenvalue weighted by molar-refractivity contribution is -0.139. The number of aromatic nitrogens is 2. The van der Waals surface area contributed by atoms with E-state index in [1.807, 2.05) is 12.2 Å². The summed E-state index contributed by atoms with van der Waals surface area (Å²) < 4.78 is 37.5. The lowest BCUT2D eigenvalue weighted by atomic mass is 10.2. The topological polar surface area (TPSA) is 59.0 Å². The highest BCUT2D eigenvalue weighted by molar-refractivity contribution is 5.81. The SMILES string of the molecule is Cc1nn(C)cc1CNC(C)C(=O)NCC(F)(F)F. The van der Waals surface area contributed by atoms with Gasteiger partial charge in [-0.2, -0.15) is 18.3 Å². The van der Waals surface area contributed by atoms with Gasteiger partial charge in [0.25, 0.3) is 0 Å². The van der Waals surface area contributed by atoms with Gasteiger partial charge in [-0.3, -0.25) is 9.48 Å². The van der Waals surface area contributed by atoms with Crippen LogP contribution < -0.4 is 10.6 Å². The van der Waals surface area contributed by atoms with E-state index in [1.54, 1.807) is 17.9 Å². The first kappa shape index (κ1) is 15.5. The summed E-state index contributed by atoms with van der Waals surface area (Å²) in [5.74, 6) is -0.682. The fraction of sp³-hybridized carbons (Fsp3) is 0.636. The van der Waals surface area contributed by atoms with E-state index < -0.39 is 24.7 Å². The third-order valence-electron chi connectivity index (χ3n) is 2.57. The zero-order chi connectivity index (χ0) is 14.6. The van der Waals surface area contributed by atoms with Gasteiger partial charge in [-0.25, -0.2) is 0 Å². The average Bonchev–Trinajstić information content (AvgIpc) is 2.60. The lowest BCUT2D eigenvalue weighted by Gasteiger charge is -2.14. The van der Waals surface area contributed by atoms with Crippen LogP contribution in [0.2, 0.25) is 0 Å². The normalized spacial score (nSPS) is 13.4. The van der Waals surface area contributed by atoms with Crippen molar-refractivity contribution in [3.05, 3.63) is 17.5 Å². The van der Waals surface area contributed by atoms with Crippen molar-refractivity contribution >= 4 is 5.91 Å². The third kappa shape index (κ3) is 5.29. The number of nitrogens with zero attached hydrogens (tertiary/aromatic N) is 2. The number of halogens is 3. The van der Waals surface area contributed by atoms with Crippen LogP contribution in [0, 0.1) is 6.92 Å². The molecule has 0 radical (unpaired) electrons. The summed E-state index contributed by atoms with van der Waals surface area (Å²) in [4.78, 5) is 11.4. The average molecular weight is 278 g/mol. The monoisotopic (exact) mass is 278 g/mol. The Morgan fingerprint density at radius 3 is 2.63 bits per heavy atom. The molecule has 1 rings (SSSR count). The molecule has 0 aliphatic carbocycles. The molecule has 19 heavy (non-hydrogen) atoms. The van der Waals surface area contributed by atoms with Gasteiger partial charge in [0.2, 0.25) is 5.91 Å². The van der Waals surface area contributed by atoms with Gasteiger partial charge >= 0.3 is 6.18 Å². The fourth-order valence-electron chi connectivity index (χ4n) is 1.52. The van der Waals surface area contributed by atoms with Gasteiger partial charge < -0.3 is 10.6 Å². The van der Waals surface area contributed by atoms with Crippen LogP contribution in [0.1, 0.15) is 18.2 Å². The molecule has 5 nitrogen and oxygen atoms in total. The lowest BCUT2D eigenvalue weighted by Crippen LogP contribution is -2.45. The van der Waals surface area contributed by atoms with Gasteiger partial charge in [-0.15, -0.1) is 0 Å². The summed E-state index contributed by atoms with van der Waals surface area (Å²) in [5, 5.41) is 8.82. The molecule has 108 valence electrons. The zero-order valence-corrected chi connectivity index (χ0v) is 11.0. The van der Waals surface area contributed by atoms with Crippen LogP contribution in [0.3, 0.4) is 0 Å². The van der Waals surface area contributed by atoms with E-state index >= 15 is 0 Å². The van der Waals surface area contributed by atoms with Crippen molar-refractivity contribution in [2.75, 3.05) is 6.54 Å². The Kier molecular flexibility index (Phi) is 4.93. The molecule has 1 heterocycles. The van der Waals surface area contributed by atoms with Gasteiger partial charge in [-0.1, -0.05) is 0 Å². The maximum absolute atomic E-state index is 11.9. The summed E-state index contributed by atoms with van der Waals surface area (Å²) in [5.41, 5.74) is 1.72. The van der Waals surface area contributed by atoms with Gasteiger partial charge in [-0.05, 0) is 13.8 Å². The Morgan fingerprint density at radius 1 is 1.53 bits per heavy atom. The molecule has 1 atom stereocenters. The first-order chi connectivity index (χ1) is 8.69. The molecule has 1 aromatic heterocycles. The smallest absolute Gasteiger partial charge is 0.346 e. The molecule has 0 aromatic carbocycles. The Labute approximate surface area is 109 Å². The minimum Gasteiger partial charge on any atom is -0.346 e. The van der Waals surface area contributed by atoms with E-state index in [0.29, 0.717) is 6.54 Å². The molecule has 0 aliphatic heterocycles. The summed E-state index contributed by atoms with van der Waals surface area (Å²) in [6.45, 7) is 2.40. The number of amides is 1. The fourth-order valence-corrected chi connectivity index (χ4v) is 1.52. The second-order valence-corrected chi connectivity index (χ2v) is 4.35. The predicted octanol–water partition coefficient (Wildman–Crippen LogP) is 0.885. The number of alkyl halides is 3. The van der Waals surface area contributed by atoms with Gasteiger partial charge in [0.05, 0.1) is 11.7 Å². The number of nitrogens with one attached hydrogen (secondary N) is 2. The van der Waals surface area contributed by atoms with Crippen molar-refractivity contribution < 1.29 is 18.0 Å². The maximum atomic E-state index is 11.9. The van der Waals surface area contributed by atoms with Gasteiger partial charge in [0.1, 0.15) is 6.54 Å². The maximum Gasteiger partial charge on any atom is 0.405 e. The molecular weight excluding hydrogens is 261 g/mol. The largest absolute Gasteiger partial charge is 0.405 e. The van der Waals surface area contributed by atoms with E-state index in [9.17, 15) is 18.0 Å². The molecule has 1 amide bonds. The van der Waals surface area contributed by atoms with E-state index in [1.165, 1.54) is 6.92 Å². The van der Waals surface area contributed by atoms with E-state index in [0.717, 1.165) is 11.3 Å². The quantitative estimate of drug-likeness (QED) is 0.841. The molecule has 1 unspecified atom stereocenters. The molecule has 8 heteroatoms. The van der Waals surface area contributed by atoms with Crippen molar-refractivity contribution in [1.29, 1.82) is 0 Å². The molecule has 0 spiro atoms. The molecule has 0 bridgehead atoms. The van der Waals surface area contributed by atoms with Crippen LogP contribution in [-0.2, 0) is 18.4 Å². The molecule has 2 N–H and O–H groups in total. The van der Waals surface area contributed by atoms with Crippen LogP contribution in [0.25, 0.3) is 0 Å². The number of hydrogen-bond acceptors (Lipinski definition) is 3. The van der Waals surface area contributed by atoms with Gasteiger partial charge in [0.15, 0.2) is 0 Å². The number of carbonyl (C=O) groups excluding carboxylic acids is 1. The highest BCUT2D eigenvalue weighted by atomic mass is 19.4. The van der Waals surface area contributed by atoms with Crippen LogP contribution in [0.15, 0.2) is 6.20 Å². The van der Waals surface area contributed by atoms with E-state index in [-0.39, 0.29) is 0 Å². The summed E-state index contributed by atoms with van der Waals surface area (Å²) in [6, 6.07) is -0.707. The summed E-state index contributed by atoms with van der Waals surface area (Å²) >= 11 is 0. The minimum absolute atomic E-state index is 0.375. The first-order valence-electron chi connectivity index (χ1n) is 5.76. The number of aryl methyl sites for hydroxylation is 2. The Morgan fingerprint density at radius 2 is 2.16 bits per heavy atom. The van der Waals surface area contributed by atoms with Crippen molar-refractivity contribution in [1.82, 2.24) is 20.4 Å². The molecule has 0 saturated carbocycles. The van der Waals surface area contributed by atoms with Crippen LogP contribution in [0.4, 0.5) is 13.2 Å². The molecule has 0 aliphatic rings. The van der Waals surface area contributed by atoms with Crippen LogP contribution in [0.5, 0.6) is 0 Å². The molecule has 0 fully saturated rings. The Hall–Kier alpha value is -1.57. The molecular formula is C11H17F3N4O. The third-order valence-corrected chi connectivity index (χ3v) is 2.57. The predicted molar refractivity (Wildman–Crippen MR) is 63.3 cm³/mol. The number of rotatable bonds is 5. The number of hydrogen-bond donors (Lipinski definition) is 2. The van der Waals surface area contributed by atoms with Crippen LogP contribution in [-0.4, -0.2) is 34.5 Å². The number of carbonyl (C=O) groups is 1. The second kappa shape index (κ2) is 6.05. The van der Waals surface area contributed by atoms with Crippen molar-refractivity contribution in [3.8, 4) is 0 Å². The molecule has 0 saturated heterocycles. The summed E-state index contributed by atoms with van der Waals surface area (Å²) in [6.07, 6.45) is -2.60. The molecule has 1 aromatic rings. The minimum atomic E-state index is -4.39. The van der Waals surface area contributed by atoms with Crippen molar-refractivity contribution in [2.45, 2.75) is 32.6 Å². The van der Waals surface area contributed by atoms with Crippen LogP contribution >= 0.6 is 0 Å². The summed E-state index contributed by atoms with van der Waals surface area (Å²) in [7, 11) is 1.77. The highest BCUT2D eigenvalue weighted by Gasteiger charge is 2.28. The standard InChI is InChI=1S/C11H17F3N4O/c1-7-9(5-18(3)17-7)4-15-8(2)10(19)16-6-11(12,13)14/h5,8,15H,4,6H2,1-3H3,(H,16,19). The van der Waals surface area contributed by atoms with E-state index in [2.05, 4.69) is 10.4 Å². The highest BCUT2D eigenvalue weighted by Crippen LogP contribution is 2.12. The Balaban J connectivity index is 2.40.